The third-order valence-electron chi connectivity index (χ3n) is 6.88. The lowest BCUT2D eigenvalue weighted by atomic mass is 10.1. The van der Waals surface area contributed by atoms with Crippen LogP contribution in [0.25, 0.3) is 10.8 Å². The molecule has 2 heterocycles. The molecule has 0 radical (unpaired) electrons. The van der Waals surface area contributed by atoms with E-state index in [0.717, 1.165) is 36.4 Å². The first-order valence-corrected chi connectivity index (χ1v) is 19.8. The Hall–Kier alpha value is -4.54. The summed E-state index contributed by atoms with van der Waals surface area (Å²) in [6, 6.07) is 6.50. The van der Waals surface area contributed by atoms with Crippen molar-refractivity contribution in [2.24, 2.45) is 10.2 Å². The molecule has 26 heteroatoms. The Balaban J connectivity index is 1.59. The molecule has 0 atom stereocenters. The maximum Gasteiger partial charge on any atom is 0.397 e. The molecule has 1 aliphatic heterocycles. The Morgan fingerprint density at radius 2 is 1.53 bits per heavy atom. The summed E-state index contributed by atoms with van der Waals surface area (Å²) < 4.78 is 148. The van der Waals surface area contributed by atoms with Crippen LogP contribution in [0.5, 0.6) is 5.75 Å². The third-order valence-corrected chi connectivity index (χ3v) is 10.7. The number of morpholine rings is 1. The number of anilines is 3. The van der Waals surface area contributed by atoms with Gasteiger partial charge in [-0.2, -0.15) is 49.7 Å². The number of benzene rings is 3. The number of nitrogens with one attached hydrogen (secondary N) is 1. The predicted molar refractivity (Wildman–Crippen MR) is 172 cm³/mol. The van der Waals surface area contributed by atoms with Gasteiger partial charge in [0.1, 0.15) is 10.6 Å². The minimum Gasteiger partial charge on any atom is -0.505 e. The van der Waals surface area contributed by atoms with E-state index in [1.165, 1.54) is 0 Å². The third kappa shape index (κ3) is 9.23. The van der Waals surface area contributed by atoms with Gasteiger partial charge in [0.25, 0.3) is 20.2 Å². The summed E-state index contributed by atoms with van der Waals surface area (Å²) in [6.07, 6.45) is -1.25. The lowest BCUT2D eigenvalue weighted by molar-refractivity contribution is 0.122. The molecule has 1 aromatic heterocycles. The quantitative estimate of drug-likeness (QED) is 0.101. The van der Waals surface area contributed by atoms with Gasteiger partial charge in [0.05, 0.1) is 46.7 Å². The zero-order valence-electron chi connectivity index (χ0n) is 25.3. The van der Waals surface area contributed by atoms with Crippen molar-refractivity contribution in [3.05, 3.63) is 48.5 Å². The highest BCUT2D eigenvalue weighted by Gasteiger charge is 2.26. The fraction of sp³-hybridized carbons (Fsp3) is 0.240. The van der Waals surface area contributed by atoms with Gasteiger partial charge in [-0.15, -0.1) is 5.11 Å². The molecule has 0 saturated carbocycles. The van der Waals surface area contributed by atoms with Crippen LogP contribution in [0.2, 0.25) is 0 Å². The molecular weight excluding hydrogens is 770 g/mol. The van der Waals surface area contributed by atoms with Gasteiger partial charge in [0.2, 0.25) is 11.9 Å². The molecule has 0 spiro atoms. The summed E-state index contributed by atoms with van der Waals surface area (Å²) in [4.78, 5) is 10.7. The first-order chi connectivity index (χ1) is 23.7. The second-order valence-electron chi connectivity index (χ2n) is 10.3. The number of sulfone groups is 1. The Labute approximate surface area is 288 Å². The SMILES string of the molecule is O=S(=O)(O)OCCS(=O)(=O)c1ccc(N=Nc2c(S(=O)(=O)O)cc3cc(S(=O)(=O)O)cc(Nc4nc(F)nc(N5CCOCC5)n4)c3c2O)cc1. The number of aromatic hydroxyl groups is 1. The molecule has 0 aliphatic carbocycles. The number of fused-ring (bicyclic) bond motifs is 1. The number of nitrogens with zero attached hydrogens (tertiary/aromatic N) is 6. The fourth-order valence-corrected chi connectivity index (χ4v) is 7.31. The molecule has 21 nitrogen and oxygen atoms in total. The lowest BCUT2D eigenvalue weighted by Crippen LogP contribution is -2.37. The van der Waals surface area contributed by atoms with Gasteiger partial charge in [-0.05, 0) is 47.9 Å². The summed E-state index contributed by atoms with van der Waals surface area (Å²) >= 11 is 0. The number of ether oxygens (including phenoxy) is 1. The molecule has 5 rings (SSSR count). The zero-order valence-corrected chi connectivity index (χ0v) is 28.6. The van der Waals surface area contributed by atoms with Crippen molar-refractivity contribution >= 4 is 80.2 Å². The highest BCUT2D eigenvalue weighted by Crippen LogP contribution is 2.45. The van der Waals surface area contributed by atoms with E-state index in [0.29, 0.717) is 19.2 Å². The molecule has 0 bridgehead atoms. The van der Waals surface area contributed by atoms with Crippen molar-refractivity contribution < 1.29 is 65.7 Å². The maximum atomic E-state index is 14.5. The highest BCUT2D eigenvalue weighted by atomic mass is 32.3. The normalized spacial score (nSPS) is 14.7. The van der Waals surface area contributed by atoms with Crippen molar-refractivity contribution in [2.45, 2.75) is 14.7 Å². The Morgan fingerprint density at radius 1 is 0.863 bits per heavy atom. The summed E-state index contributed by atoms with van der Waals surface area (Å²) in [5.41, 5.74) is -1.43. The Morgan fingerprint density at radius 3 is 2.14 bits per heavy atom. The molecule has 1 aliphatic rings. The molecular formula is C25H24FN7O14S4. The van der Waals surface area contributed by atoms with E-state index in [1.807, 2.05) is 0 Å². The number of aromatic nitrogens is 3. The first-order valence-electron chi connectivity index (χ1n) is 13.9. The van der Waals surface area contributed by atoms with Crippen molar-refractivity contribution in [3.8, 4) is 5.75 Å². The number of halogens is 1. The molecule has 3 aromatic carbocycles. The smallest absolute Gasteiger partial charge is 0.397 e. The van der Waals surface area contributed by atoms with Gasteiger partial charge in [-0.3, -0.25) is 13.7 Å². The van der Waals surface area contributed by atoms with Gasteiger partial charge < -0.3 is 20.1 Å². The Bertz CT molecular complexity index is 2480. The van der Waals surface area contributed by atoms with Crippen LogP contribution < -0.4 is 10.2 Å². The van der Waals surface area contributed by atoms with E-state index >= 15 is 0 Å². The molecule has 274 valence electrons. The second-order valence-corrected chi connectivity index (χ2v) is 16.3. The van der Waals surface area contributed by atoms with Crippen LogP contribution in [0.3, 0.4) is 0 Å². The van der Waals surface area contributed by atoms with Crippen molar-refractivity contribution in [2.75, 3.05) is 48.9 Å². The maximum absolute atomic E-state index is 14.5. The van der Waals surface area contributed by atoms with E-state index in [-0.39, 0.29) is 35.1 Å². The minimum atomic E-state index is -5.24. The van der Waals surface area contributed by atoms with Gasteiger partial charge in [0.15, 0.2) is 15.6 Å². The molecule has 51 heavy (non-hydrogen) atoms. The van der Waals surface area contributed by atoms with Crippen LogP contribution in [0, 0.1) is 6.08 Å². The average molecular weight is 794 g/mol. The second kappa shape index (κ2) is 14.2. The lowest BCUT2D eigenvalue weighted by Gasteiger charge is -2.26. The summed E-state index contributed by atoms with van der Waals surface area (Å²) in [7, 11) is -19.2. The summed E-state index contributed by atoms with van der Waals surface area (Å²) in [5, 5.41) is 20.6. The van der Waals surface area contributed by atoms with E-state index in [1.54, 1.807) is 4.90 Å². The molecule has 5 N–H and O–H groups in total. The van der Waals surface area contributed by atoms with E-state index in [2.05, 4.69) is 34.7 Å². The van der Waals surface area contributed by atoms with Crippen LogP contribution >= 0.6 is 0 Å². The number of rotatable bonds is 12. The monoisotopic (exact) mass is 793 g/mol. The number of hydrogen-bond acceptors (Lipinski definition) is 18. The van der Waals surface area contributed by atoms with E-state index < -0.39 is 97.2 Å². The number of phenols is 1. The van der Waals surface area contributed by atoms with Crippen molar-refractivity contribution in [1.82, 2.24) is 15.0 Å². The zero-order chi connectivity index (χ0) is 37.4. The fourth-order valence-electron chi connectivity index (χ4n) is 4.62. The van der Waals surface area contributed by atoms with Crippen LogP contribution in [0.15, 0.2) is 67.4 Å². The molecule has 0 amide bonds. The predicted octanol–water partition coefficient (Wildman–Crippen LogP) is 1.95. The van der Waals surface area contributed by atoms with Gasteiger partial charge in [0, 0.05) is 18.5 Å². The van der Waals surface area contributed by atoms with Crippen LogP contribution in [0.4, 0.5) is 33.3 Å². The van der Waals surface area contributed by atoms with Crippen LogP contribution in [-0.2, 0) is 49.4 Å². The van der Waals surface area contributed by atoms with Crippen molar-refractivity contribution in [1.29, 1.82) is 0 Å². The topological polar surface area (TPSA) is 315 Å². The van der Waals surface area contributed by atoms with Crippen molar-refractivity contribution in [3.63, 3.8) is 0 Å². The molecule has 0 unspecified atom stereocenters. The van der Waals surface area contributed by atoms with Crippen LogP contribution in [0.1, 0.15) is 0 Å². The number of hydrogen-bond donors (Lipinski definition) is 5. The largest absolute Gasteiger partial charge is 0.505 e. The van der Waals surface area contributed by atoms with Gasteiger partial charge >= 0.3 is 16.5 Å². The van der Waals surface area contributed by atoms with Crippen LogP contribution in [-0.4, -0.2) is 106 Å². The molecule has 1 saturated heterocycles. The Kier molecular flexibility index (Phi) is 10.5. The molecule has 1 fully saturated rings. The average Bonchev–Trinajstić information content (AvgIpc) is 3.02. The summed E-state index contributed by atoms with van der Waals surface area (Å²) in [6.45, 7) is 0.278. The van der Waals surface area contributed by atoms with Gasteiger partial charge in [-0.1, -0.05) is 0 Å². The molecule has 4 aromatic rings. The minimum absolute atomic E-state index is 0.124. The van der Waals surface area contributed by atoms with Gasteiger partial charge in [-0.25, -0.2) is 12.6 Å². The summed E-state index contributed by atoms with van der Waals surface area (Å²) in [5.74, 6) is -2.48. The number of azo groups is 1. The standard InChI is InChI=1S/C25H24FN7O14S4/c26-23-28-24(30-25(29-23)33-5-7-46-8-6-33)27-18-13-17(49(37,38)39)11-14-12-19(50(40,41)42)21(22(34)20(14)18)32-31-15-1-3-16(4-2-15)48(35,36)10-9-47-51(43,44)45/h1-4,11-13,34H,5-10H2,(H,37,38,39)(H,40,41,42)(H,43,44,45)(H,27,28,29,30). The highest BCUT2D eigenvalue weighted by molar-refractivity contribution is 7.91. The first kappa shape index (κ1) is 37.7. The van der Waals surface area contributed by atoms with E-state index in [9.17, 15) is 52.3 Å². The number of phenolic OH excluding ortho intramolecular Hbond substituents is 1. The van der Waals surface area contributed by atoms with E-state index in [4.69, 9.17) is 9.29 Å².